The summed E-state index contributed by atoms with van der Waals surface area (Å²) in [6, 6.07) is 14.5. The van der Waals surface area contributed by atoms with E-state index in [9.17, 15) is 9.59 Å². The first kappa shape index (κ1) is 18.4. The largest absolute Gasteiger partial charge is 0.325 e. The third kappa shape index (κ3) is 4.23. The third-order valence-electron chi connectivity index (χ3n) is 3.60. The molecule has 5 nitrogen and oxygen atoms in total. The van der Waals surface area contributed by atoms with E-state index in [-0.39, 0.29) is 17.2 Å². The zero-order valence-corrected chi connectivity index (χ0v) is 16.2. The Labute approximate surface area is 163 Å². The van der Waals surface area contributed by atoms with Gasteiger partial charge in [-0.15, -0.1) is 6.58 Å². The first-order valence-electron chi connectivity index (χ1n) is 7.87. The van der Waals surface area contributed by atoms with E-state index < -0.39 is 0 Å². The Morgan fingerprint density at radius 1 is 1.23 bits per heavy atom. The Bertz CT molecular complexity index is 1020. The molecule has 0 spiro atoms. The van der Waals surface area contributed by atoms with E-state index in [4.69, 9.17) is 0 Å². The first-order chi connectivity index (χ1) is 12.6. The fraction of sp³-hybridized carbons (Fsp3) is 0.105. The number of nitrogens with one attached hydrogen (secondary N) is 1. The van der Waals surface area contributed by atoms with Gasteiger partial charge in [-0.05, 0) is 36.4 Å². The molecule has 0 saturated carbocycles. The highest BCUT2D eigenvalue weighted by Gasteiger charge is 2.12. The molecule has 0 saturated heterocycles. The number of anilines is 1. The molecule has 7 heteroatoms. The van der Waals surface area contributed by atoms with E-state index in [1.807, 2.05) is 36.4 Å². The van der Waals surface area contributed by atoms with Crippen LogP contribution in [-0.2, 0) is 11.3 Å². The van der Waals surface area contributed by atoms with Crippen LogP contribution in [-0.4, -0.2) is 21.2 Å². The van der Waals surface area contributed by atoms with Crippen LogP contribution in [0.5, 0.6) is 0 Å². The summed E-state index contributed by atoms with van der Waals surface area (Å²) < 4.78 is 2.48. The Kier molecular flexibility index (Phi) is 5.90. The predicted octanol–water partition coefficient (Wildman–Crippen LogP) is 4.08. The van der Waals surface area contributed by atoms with E-state index in [1.165, 1.54) is 16.3 Å². The van der Waals surface area contributed by atoms with Crippen LogP contribution in [0, 0.1) is 0 Å². The number of nitrogens with zero attached hydrogens (tertiary/aromatic N) is 2. The lowest BCUT2D eigenvalue weighted by Gasteiger charge is -2.11. The van der Waals surface area contributed by atoms with Crippen LogP contribution in [0.3, 0.4) is 0 Å². The molecule has 1 N–H and O–H groups in total. The highest BCUT2D eigenvalue weighted by Crippen LogP contribution is 2.19. The van der Waals surface area contributed by atoms with Gasteiger partial charge in [0.2, 0.25) is 5.91 Å². The summed E-state index contributed by atoms with van der Waals surface area (Å²) in [6.07, 6.45) is 1.64. The number of hydrogen-bond acceptors (Lipinski definition) is 4. The lowest BCUT2D eigenvalue weighted by atomic mass is 10.2. The Morgan fingerprint density at radius 3 is 2.69 bits per heavy atom. The summed E-state index contributed by atoms with van der Waals surface area (Å²) in [5.74, 6) is -0.0114. The number of halogens is 1. The summed E-state index contributed by atoms with van der Waals surface area (Å²) in [6.45, 7) is 4.04. The molecule has 0 unspecified atom stereocenters. The van der Waals surface area contributed by atoms with Crippen LogP contribution >= 0.6 is 27.7 Å². The van der Waals surface area contributed by atoms with Gasteiger partial charge in [-0.2, -0.15) is 0 Å². The van der Waals surface area contributed by atoms with E-state index in [0.717, 1.165) is 4.47 Å². The quantitative estimate of drug-likeness (QED) is 0.364. The summed E-state index contributed by atoms with van der Waals surface area (Å²) in [7, 11) is 0. The number of aromatic nitrogens is 2. The van der Waals surface area contributed by atoms with Gasteiger partial charge >= 0.3 is 0 Å². The minimum atomic E-state index is -0.162. The van der Waals surface area contributed by atoms with Gasteiger partial charge in [0, 0.05) is 16.7 Å². The fourth-order valence-corrected chi connectivity index (χ4v) is 3.48. The highest BCUT2D eigenvalue weighted by molar-refractivity contribution is 9.10. The van der Waals surface area contributed by atoms with Crippen molar-refractivity contribution < 1.29 is 4.79 Å². The third-order valence-corrected chi connectivity index (χ3v) is 5.10. The Balaban J connectivity index is 1.80. The van der Waals surface area contributed by atoms with Gasteiger partial charge in [-0.3, -0.25) is 14.2 Å². The van der Waals surface area contributed by atoms with Crippen LogP contribution in [0.25, 0.3) is 10.9 Å². The van der Waals surface area contributed by atoms with Crippen molar-refractivity contribution in [3.63, 3.8) is 0 Å². The summed E-state index contributed by atoms with van der Waals surface area (Å²) >= 11 is 4.59. The second kappa shape index (κ2) is 8.33. The molecular formula is C19H16BrN3O2S. The second-order valence-corrected chi connectivity index (χ2v) is 7.32. The molecule has 0 atom stereocenters. The van der Waals surface area contributed by atoms with E-state index in [0.29, 0.717) is 28.3 Å². The highest BCUT2D eigenvalue weighted by atomic mass is 79.9. The first-order valence-corrected chi connectivity index (χ1v) is 9.65. The molecule has 0 radical (unpaired) electrons. The van der Waals surface area contributed by atoms with Crippen LogP contribution in [0.15, 0.2) is 75.6 Å². The van der Waals surface area contributed by atoms with E-state index in [2.05, 4.69) is 32.8 Å². The number of allylic oxidation sites excluding steroid dienone is 1. The van der Waals surface area contributed by atoms with Crippen molar-refractivity contribution in [2.75, 3.05) is 11.1 Å². The van der Waals surface area contributed by atoms with Gasteiger partial charge in [0.25, 0.3) is 5.56 Å². The van der Waals surface area contributed by atoms with Crippen molar-refractivity contribution in [1.29, 1.82) is 0 Å². The number of fused-ring (bicyclic) bond motifs is 1. The summed E-state index contributed by atoms with van der Waals surface area (Å²) in [5, 5.41) is 3.88. The average Bonchev–Trinajstić information content (AvgIpc) is 2.64. The standard InChI is InChI=1S/C19H16BrN3O2S/c1-2-11-23-18(25)15-5-3-4-6-16(15)22-19(23)26-12-17(24)21-14-9-7-13(20)8-10-14/h2-10H,1,11-12H2,(H,21,24). The smallest absolute Gasteiger partial charge is 0.262 e. The Morgan fingerprint density at radius 2 is 1.96 bits per heavy atom. The average molecular weight is 430 g/mol. The van der Waals surface area contributed by atoms with Gasteiger partial charge in [0.1, 0.15) is 0 Å². The van der Waals surface area contributed by atoms with Crippen molar-refractivity contribution in [2.24, 2.45) is 0 Å². The van der Waals surface area contributed by atoms with Gasteiger partial charge < -0.3 is 5.32 Å². The maximum atomic E-state index is 12.7. The predicted molar refractivity (Wildman–Crippen MR) is 110 cm³/mol. The molecular weight excluding hydrogens is 414 g/mol. The van der Waals surface area contributed by atoms with Crippen LogP contribution in [0.2, 0.25) is 0 Å². The molecule has 0 aliphatic heterocycles. The monoisotopic (exact) mass is 429 g/mol. The Hall–Kier alpha value is -2.38. The molecule has 0 fully saturated rings. The molecule has 132 valence electrons. The van der Waals surface area contributed by atoms with E-state index in [1.54, 1.807) is 18.2 Å². The number of benzene rings is 2. The van der Waals surface area contributed by atoms with Crippen LogP contribution < -0.4 is 10.9 Å². The number of carbonyl (C=O) groups is 1. The van der Waals surface area contributed by atoms with Gasteiger partial charge in [0.15, 0.2) is 5.16 Å². The summed E-state index contributed by atoms with van der Waals surface area (Å²) in [5.41, 5.74) is 1.20. The van der Waals surface area contributed by atoms with Crippen molar-refractivity contribution in [3.8, 4) is 0 Å². The molecule has 26 heavy (non-hydrogen) atoms. The number of rotatable bonds is 6. The van der Waals surface area contributed by atoms with Gasteiger partial charge in [-0.1, -0.05) is 45.9 Å². The van der Waals surface area contributed by atoms with Gasteiger partial charge in [-0.25, -0.2) is 4.98 Å². The fourth-order valence-electron chi connectivity index (χ4n) is 2.41. The number of amides is 1. The molecule has 1 amide bonds. The maximum Gasteiger partial charge on any atom is 0.262 e. The van der Waals surface area contributed by atoms with Crippen molar-refractivity contribution in [1.82, 2.24) is 9.55 Å². The normalized spacial score (nSPS) is 10.7. The lowest BCUT2D eigenvalue weighted by Crippen LogP contribution is -2.23. The molecule has 0 bridgehead atoms. The molecule has 0 aliphatic carbocycles. The molecule has 1 aromatic heterocycles. The van der Waals surface area contributed by atoms with Crippen LogP contribution in [0.4, 0.5) is 5.69 Å². The minimum absolute atomic E-state index is 0.133. The zero-order valence-electron chi connectivity index (χ0n) is 13.8. The summed E-state index contributed by atoms with van der Waals surface area (Å²) in [4.78, 5) is 29.4. The molecule has 2 aromatic carbocycles. The SMILES string of the molecule is C=CCn1c(SCC(=O)Nc2ccc(Br)cc2)nc2ccccc2c1=O. The molecule has 3 aromatic rings. The minimum Gasteiger partial charge on any atom is -0.325 e. The van der Waals surface area contributed by atoms with Crippen molar-refractivity contribution in [3.05, 3.63) is 76.0 Å². The topological polar surface area (TPSA) is 64.0 Å². The number of hydrogen-bond donors (Lipinski definition) is 1. The molecule has 0 aliphatic rings. The maximum absolute atomic E-state index is 12.7. The number of carbonyl (C=O) groups excluding carboxylic acids is 1. The lowest BCUT2D eigenvalue weighted by molar-refractivity contribution is -0.113. The molecule has 1 heterocycles. The zero-order chi connectivity index (χ0) is 18.5. The number of para-hydroxylation sites is 1. The van der Waals surface area contributed by atoms with Gasteiger partial charge in [0.05, 0.1) is 16.7 Å². The second-order valence-electron chi connectivity index (χ2n) is 5.46. The number of thioether (sulfide) groups is 1. The van der Waals surface area contributed by atoms with Crippen molar-refractivity contribution in [2.45, 2.75) is 11.7 Å². The molecule has 3 rings (SSSR count). The van der Waals surface area contributed by atoms with Crippen LogP contribution in [0.1, 0.15) is 0 Å². The van der Waals surface area contributed by atoms with E-state index >= 15 is 0 Å². The van der Waals surface area contributed by atoms with Crippen molar-refractivity contribution >= 4 is 50.2 Å².